The highest BCUT2D eigenvalue weighted by molar-refractivity contribution is 6.39. The number of anilines is 1. The van der Waals surface area contributed by atoms with Gasteiger partial charge < -0.3 is 10.2 Å². The molecule has 1 N–H and O–H groups in total. The fourth-order valence-corrected chi connectivity index (χ4v) is 4.50. The Labute approximate surface area is 182 Å². The van der Waals surface area contributed by atoms with E-state index >= 15 is 0 Å². The number of hydrogen-bond donors (Lipinski definition) is 1. The number of carbonyl (C=O) groups is 2. The van der Waals surface area contributed by atoms with Crippen LogP contribution in [-0.4, -0.2) is 41.6 Å². The summed E-state index contributed by atoms with van der Waals surface area (Å²) in [5.41, 5.74) is 2.69. The van der Waals surface area contributed by atoms with Crippen LogP contribution < -0.4 is 10.3 Å². The Kier molecular flexibility index (Phi) is 5.45. The molecule has 0 aromatic heterocycles. The molecular weight excluding hydrogens is 388 g/mol. The van der Waals surface area contributed by atoms with E-state index in [1.54, 1.807) is 0 Å². The summed E-state index contributed by atoms with van der Waals surface area (Å²) >= 11 is 0. The molecule has 160 valence electrons. The molecule has 31 heavy (non-hydrogen) atoms. The number of amides is 2. The molecule has 0 bridgehead atoms. The van der Waals surface area contributed by atoms with Crippen molar-refractivity contribution >= 4 is 23.2 Å². The second-order valence-corrected chi connectivity index (χ2v) is 8.70. The summed E-state index contributed by atoms with van der Waals surface area (Å²) < 4.78 is 0. The maximum absolute atomic E-state index is 13.1. The van der Waals surface area contributed by atoms with Gasteiger partial charge >= 0.3 is 0 Å². The van der Waals surface area contributed by atoms with E-state index in [1.807, 2.05) is 58.4 Å². The van der Waals surface area contributed by atoms with Crippen molar-refractivity contribution < 1.29 is 9.59 Å². The molecule has 2 aliphatic heterocycles. The summed E-state index contributed by atoms with van der Waals surface area (Å²) in [5, 5.41) is 9.86. The average molecular weight is 417 g/mol. The van der Waals surface area contributed by atoms with Gasteiger partial charge in [0.2, 0.25) is 5.91 Å². The lowest BCUT2D eigenvalue weighted by Gasteiger charge is -2.32. The third-order valence-corrected chi connectivity index (χ3v) is 6.45. The first kappa shape index (κ1) is 19.8. The zero-order chi connectivity index (χ0) is 21.2. The highest BCUT2D eigenvalue weighted by Crippen LogP contribution is 2.35. The van der Waals surface area contributed by atoms with E-state index in [4.69, 9.17) is 5.10 Å². The summed E-state index contributed by atoms with van der Waals surface area (Å²) in [7, 11) is 0. The Bertz CT molecular complexity index is 964. The van der Waals surface area contributed by atoms with Crippen molar-refractivity contribution in [2.75, 3.05) is 18.1 Å². The number of carbonyl (C=O) groups excluding carboxylic acids is 2. The van der Waals surface area contributed by atoms with Gasteiger partial charge in [-0.2, -0.15) is 5.10 Å². The van der Waals surface area contributed by atoms with Gasteiger partial charge in [-0.25, -0.2) is 0 Å². The molecule has 2 aromatic rings. The van der Waals surface area contributed by atoms with E-state index < -0.39 is 0 Å². The van der Waals surface area contributed by atoms with Gasteiger partial charge in [0.05, 0.1) is 11.7 Å². The first-order valence-corrected chi connectivity index (χ1v) is 11.3. The van der Waals surface area contributed by atoms with Gasteiger partial charge in [-0.3, -0.25) is 14.6 Å². The van der Waals surface area contributed by atoms with Crippen LogP contribution in [0.15, 0.2) is 65.8 Å². The van der Waals surface area contributed by atoms with Crippen LogP contribution in [0.2, 0.25) is 0 Å². The molecule has 1 saturated carbocycles. The molecular formula is C25H28N4O2. The number of likely N-dealkylation sites (tertiary alicyclic amines) is 1. The average Bonchev–Trinajstić information content (AvgIpc) is 3.58. The first-order chi connectivity index (χ1) is 15.2. The van der Waals surface area contributed by atoms with Gasteiger partial charge in [0.25, 0.3) is 5.91 Å². The summed E-state index contributed by atoms with van der Waals surface area (Å²) in [6.07, 6.45) is 4.26. The fraction of sp³-hybridized carbons (Fsp3) is 0.400. The Morgan fingerprint density at radius 1 is 0.871 bits per heavy atom. The largest absolute Gasteiger partial charge is 0.348 e. The number of hydrazone groups is 1. The molecule has 2 fully saturated rings. The molecule has 2 aromatic carbocycles. The molecule has 2 amide bonds. The zero-order valence-corrected chi connectivity index (χ0v) is 17.6. The third kappa shape index (κ3) is 4.33. The number of piperidine rings is 1. The Morgan fingerprint density at radius 3 is 2.16 bits per heavy atom. The van der Waals surface area contributed by atoms with Crippen LogP contribution in [0.4, 0.5) is 5.69 Å². The monoisotopic (exact) mass is 416 g/mol. The highest BCUT2D eigenvalue weighted by atomic mass is 16.2. The number of para-hydroxylation sites is 1. The quantitative estimate of drug-likeness (QED) is 0.811. The lowest BCUT2D eigenvalue weighted by atomic mass is 10.00. The predicted molar refractivity (Wildman–Crippen MR) is 121 cm³/mol. The van der Waals surface area contributed by atoms with Gasteiger partial charge in [0.15, 0.2) is 0 Å². The molecule has 1 atom stereocenters. The van der Waals surface area contributed by atoms with Crippen molar-refractivity contribution in [2.45, 2.75) is 44.2 Å². The Hall–Kier alpha value is -3.15. The second kappa shape index (κ2) is 8.53. The van der Waals surface area contributed by atoms with E-state index in [2.05, 4.69) is 17.4 Å². The minimum Gasteiger partial charge on any atom is -0.348 e. The number of nitrogens with one attached hydrogen (secondary N) is 1. The minimum absolute atomic E-state index is 0.00219. The van der Waals surface area contributed by atoms with E-state index in [-0.39, 0.29) is 23.9 Å². The summed E-state index contributed by atoms with van der Waals surface area (Å²) in [6.45, 7) is 1.46. The fourth-order valence-electron chi connectivity index (χ4n) is 4.50. The molecule has 6 heteroatoms. The smallest absolute Gasteiger partial charge is 0.267 e. The summed E-state index contributed by atoms with van der Waals surface area (Å²) in [6, 6.07) is 20.3. The van der Waals surface area contributed by atoms with Crippen molar-refractivity contribution in [3.8, 4) is 0 Å². The van der Waals surface area contributed by atoms with Gasteiger partial charge in [-0.1, -0.05) is 48.5 Å². The Morgan fingerprint density at radius 2 is 1.52 bits per heavy atom. The van der Waals surface area contributed by atoms with Crippen LogP contribution in [0.3, 0.4) is 0 Å². The first-order valence-electron chi connectivity index (χ1n) is 11.3. The maximum atomic E-state index is 13.1. The van der Waals surface area contributed by atoms with Crippen molar-refractivity contribution in [1.29, 1.82) is 0 Å². The number of rotatable bonds is 5. The van der Waals surface area contributed by atoms with Crippen LogP contribution in [0.5, 0.6) is 0 Å². The molecule has 0 radical (unpaired) electrons. The molecule has 1 saturated heterocycles. The van der Waals surface area contributed by atoms with Gasteiger partial charge in [0.1, 0.15) is 5.71 Å². The molecule has 1 unspecified atom stereocenters. The van der Waals surface area contributed by atoms with Crippen LogP contribution in [0.25, 0.3) is 0 Å². The van der Waals surface area contributed by atoms with Gasteiger partial charge in [0, 0.05) is 31.5 Å². The topological polar surface area (TPSA) is 65.0 Å². The number of hydrogen-bond acceptors (Lipinski definition) is 4. The number of nitrogens with zero attached hydrogens (tertiary/aromatic N) is 3. The number of benzene rings is 2. The molecule has 5 rings (SSSR count). The molecule has 0 spiro atoms. The van der Waals surface area contributed by atoms with Crippen LogP contribution in [-0.2, 0) is 9.59 Å². The Balaban J connectivity index is 1.26. The van der Waals surface area contributed by atoms with E-state index in [0.29, 0.717) is 18.0 Å². The highest BCUT2D eigenvalue weighted by Gasteiger charge is 2.36. The lowest BCUT2D eigenvalue weighted by molar-refractivity contribution is -0.133. The third-order valence-electron chi connectivity index (χ3n) is 6.45. The van der Waals surface area contributed by atoms with Crippen molar-refractivity contribution in [3.05, 3.63) is 66.2 Å². The van der Waals surface area contributed by atoms with Crippen LogP contribution >= 0.6 is 0 Å². The van der Waals surface area contributed by atoms with Crippen LogP contribution in [0.1, 0.15) is 43.7 Å². The van der Waals surface area contributed by atoms with E-state index in [0.717, 1.165) is 50.0 Å². The normalized spacial score (nSPS) is 21.7. The predicted octanol–water partition coefficient (Wildman–Crippen LogP) is 3.51. The molecule has 3 aliphatic rings. The molecule has 1 aliphatic carbocycles. The minimum atomic E-state index is -0.0914. The second-order valence-electron chi connectivity index (χ2n) is 8.70. The SMILES string of the molecule is O=C(NC1CCN(C(=O)C2CC2)CC1)C1=NN(c2ccccc2)C(c2ccccc2)C1. The van der Waals surface area contributed by atoms with Crippen molar-refractivity contribution in [3.63, 3.8) is 0 Å². The van der Waals surface area contributed by atoms with Crippen molar-refractivity contribution in [1.82, 2.24) is 10.2 Å². The van der Waals surface area contributed by atoms with Crippen molar-refractivity contribution in [2.24, 2.45) is 11.0 Å². The van der Waals surface area contributed by atoms with Gasteiger partial charge in [-0.05, 0) is 43.4 Å². The maximum Gasteiger partial charge on any atom is 0.267 e. The van der Waals surface area contributed by atoms with Crippen LogP contribution in [0, 0.1) is 5.92 Å². The summed E-state index contributed by atoms with van der Waals surface area (Å²) in [4.78, 5) is 27.3. The molecule has 2 heterocycles. The van der Waals surface area contributed by atoms with Gasteiger partial charge in [-0.15, -0.1) is 0 Å². The lowest BCUT2D eigenvalue weighted by Crippen LogP contribution is -2.48. The molecule has 6 nitrogen and oxygen atoms in total. The zero-order valence-electron chi connectivity index (χ0n) is 17.6. The summed E-state index contributed by atoms with van der Waals surface area (Å²) in [5.74, 6) is 0.471. The standard InChI is InChI=1S/C25H28N4O2/c30-24(26-20-13-15-28(16-14-20)25(31)19-11-12-19)22-17-23(18-7-3-1-4-8-18)29(27-22)21-9-5-2-6-10-21/h1-10,19-20,23H,11-17H2,(H,26,30). The van der Waals surface area contributed by atoms with E-state index in [9.17, 15) is 9.59 Å². The van der Waals surface area contributed by atoms with E-state index in [1.165, 1.54) is 0 Å².